The number of aromatic nitrogens is 11. The van der Waals surface area contributed by atoms with Crippen LogP contribution in [0.25, 0.3) is 104 Å². The maximum atomic E-state index is 14.0. The predicted molar refractivity (Wildman–Crippen MR) is 596 cm³/mol. The largest absolute Gasteiger partial charge is 0.387 e. The van der Waals surface area contributed by atoms with Crippen molar-refractivity contribution in [2.24, 2.45) is 27.5 Å². The number of aliphatic imine (C=N–C) groups is 1. The molecule has 1 aliphatic carbocycles. The molecule has 19 rings (SSSR count). The van der Waals surface area contributed by atoms with Gasteiger partial charge in [0.05, 0.1) is 54.3 Å². The first kappa shape index (κ1) is 108. The van der Waals surface area contributed by atoms with Gasteiger partial charge in [-0.3, -0.25) is 9.98 Å². The van der Waals surface area contributed by atoms with Gasteiger partial charge in [0.2, 0.25) is 5.95 Å². The fraction of sp³-hybridized carbons (Fsp3) is 0.331. The zero-order chi connectivity index (χ0) is 105. The third-order valence-electron chi connectivity index (χ3n) is 25.6. The van der Waals surface area contributed by atoms with Crippen molar-refractivity contribution >= 4 is 139 Å². The molecule has 746 valence electrons. The molecule has 7 aromatic carbocycles. The van der Waals surface area contributed by atoms with E-state index >= 15 is 0 Å². The third kappa shape index (κ3) is 26.4. The monoisotopic (exact) mass is 2010 g/mol. The minimum Gasteiger partial charge on any atom is -0.387 e. The number of allylic oxidation sites excluding steroid dienone is 2. The zero-order valence-electron chi connectivity index (χ0n) is 87.8. The van der Waals surface area contributed by atoms with E-state index in [-0.39, 0.29) is 78.0 Å². The number of rotatable bonds is 3. The Bertz CT molecular complexity index is 7540. The molecule has 2 unspecified atom stereocenters. The lowest BCUT2D eigenvalue weighted by atomic mass is 9.72. The van der Waals surface area contributed by atoms with Gasteiger partial charge in [-0.15, -0.1) is 0 Å². The summed E-state index contributed by atoms with van der Waals surface area (Å²) >= 11 is 9.15. The minimum absolute atomic E-state index is 0.00107. The van der Waals surface area contributed by atoms with E-state index in [0.29, 0.717) is 66.7 Å². The van der Waals surface area contributed by atoms with Gasteiger partial charge >= 0.3 is 0 Å². The molecular weight excluding hydrogens is 1870 g/mol. The highest BCUT2D eigenvalue weighted by molar-refractivity contribution is 9.10. The van der Waals surface area contributed by atoms with Gasteiger partial charge in [0.25, 0.3) is 0 Å². The Morgan fingerprint density at radius 1 is 0.406 bits per heavy atom. The van der Waals surface area contributed by atoms with E-state index in [1.807, 2.05) is 91.2 Å². The number of aryl methyl sites for hydroxylation is 2. The number of hydrogen-bond acceptors (Lipinski definition) is 19. The number of fused-ring (bicyclic) bond motifs is 8. The predicted octanol–water partition coefficient (Wildman–Crippen LogP) is 29.5. The normalized spacial score (nSPS) is 14.2. The van der Waals surface area contributed by atoms with Crippen LogP contribution < -0.4 is 40.1 Å². The first-order chi connectivity index (χ1) is 66.4. The number of pyridine rings is 7. The van der Waals surface area contributed by atoms with Gasteiger partial charge < -0.3 is 49.1 Å². The Morgan fingerprint density at radius 3 is 1.29 bits per heavy atom. The molecule has 20 nitrogen and oxygen atoms in total. The van der Waals surface area contributed by atoms with E-state index in [1.165, 1.54) is 63.3 Å². The van der Waals surface area contributed by atoms with Crippen molar-refractivity contribution in [1.29, 1.82) is 0 Å². The van der Waals surface area contributed by atoms with E-state index < -0.39 is 0 Å². The van der Waals surface area contributed by atoms with E-state index in [0.717, 1.165) is 105 Å². The Kier molecular flexibility index (Phi) is 31.8. The highest BCUT2D eigenvalue weighted by atomic mass is 79.9. The molecule has 2 aliphatic rings. The van der Waals surface area contributed by atoms with Crippen molar-refractivity contribution in [2.45, 2.75) is 238 Å². The van der Waals surface area contributed by atoms with Crippen LogP contribution in [0, 0.1) is 48.0 Å². The summed E-state index contributed by atoms with van der Waals surface area (Å²) in [7, 11) is 0. The molecule has 0 radical (unpaired) electrons. The second kappa shape index (κ2) is 42.1. The summed E-state index contributed by atoms with van der Waals surface area (Å²) in [5.41, 5.74) is 64.0. The molecule has 14 N–H and O–H groups in total. The molecule has 11 heterocycles. The standard InChI is InChI=1S/C19H19FN2.C18H19N3.C17H19N3O.C14H22N2.C13H14BrFN2.C13H14ClFN2.C12H15N3.C12H16N2/c1-19(2,3)14-7-4-13-10-16(18(21)22-17(13)11-14)12-5-8-15(20)9-6-12;1-18(2,3)14-7-6-12-9-15(13-5-4-8-20-11-13)17(19)21-16(12)10-14;1-10-14(9-21-20-10)13-7-11-5-6-12(17(2,3)4)8-15(11)19-16(13)18;1-13(2,3)9-6-7-10-11(8-9)16-12(15)14(10,4)5;2*1-13(2,3)8-6-11-7(5-10(8)15)4-9(14)12(16)17-11;1-12(2,3)9-5-4-8-7-14-11(13)15-10(8)6-9;1-9-7-13-11-6-5-10(8-14(9)11)12(2,3)4/h4-11H,1-3H3,(H2,21,22);4-11H,1-3H3,(H2,19,21);5-9H,1-4H3,(H2,18,19);6-8,10-11H,1-5H3,(H2,15,16);2*4-6H,1-3H3,(H2,16,17);4-7H,1-3H3,(H2,13,14,15);5-8H,1-4H3. The molecule has 10 aromatic heterocycles. The summed E-state index contributed by atoms with van der Waals surface area (Å²) in [6.07, 6.45) is 17.8. The van der Waals surface area contributed by atoms with Crippen molar-refractivity contribution < 1.29 is 17.7 Å². The van der Waals surface area contributed by atoms with Gasteiger partial charge in [-0.25, -0.2) is 53.0 Å². The molecule has 0 spiro atoms. The van der Waals surface area contributed by atoms with E-state index in [4.69, 9.17) is 56.3 Å². The Hall–Kier alpha value is -13.7. The number of amidine groups is 1. The average molecular weight is 2010 g/mol. The van der Waals surface area contributed by atoms with Gasteiger partial charge in [0, 0.05) is 108 Å². The number of imidazole rings is 1. The quantitative estimate of drug-likeness (QED) is 0.0864. The molecule has 0 saturated carbocycles. The van der Waals surface area contributed by atoms with Gasteiger partial charge in [0.1, 0.15) is 64.3 Å². The second-order valence-corrected chi connectivity index (χ2v) is 46.9. The average Bonchev–Trinajstić information content (AvgIpc) is 1.46. The molecule has 1 aliphatic heterocycles. The lowest BCUT2D eigenvalue weighted by molar-refractivity contribution is 0.372. The smallest absolute Gasteiger partial charge is 0.220 e. The van der Waals surface area contributed by atoms with Gasteiger partial charge in [0.15, 0.2) is 0 Å². The highest BCUT2D eigenvalue weighted by Crippen LogP contribution is 2.45. The molecule has 0 amide bonds. The molecule has 2 atom stereocenters. The number of nitrogens with two attached hydrogens (primary N) is 7. The SMILES string of the molecule is CC(C)(C)C1=CC2N=C(N)C(C)(C)C2C=C1.CC(C)(C)c1cc2nc(N)c(Br)cc2cc1F.CC(C)(C)c1cc2nc(N)c(Cl)cc2cc1F.CC(C)(C)c1ccc2cc(-c3ccc(F)cc3)c(N)nc2c1.CC(C)(C)c1ccc2cc(-c3cccnc3)c(N)nc2c1.CC(C)(C)c1ccc2cnc(N)nc2c1.Cc1cnc2ccc(C(C)(C)C)cn12.Cc1nocc1-c1cc2ccc(C(C)(C)C)cc2nc1N. The number of nitrogens with zero attached hydrogens (tertiary/aromatic N) is 12. The lowest BCUT2D eigenvalue weighted by Crippen LogP contribution is -2.35. The summed E-state index contributed by atoms with van der Waals surface area (Å²) in [5.74, 6) is 3.04. The molecule has 17 aromatic rings. The number of hydrogen-bond donors (Lipinski definition) is 7. The van der Waals surface area contributed by atoms with Crippen LogP contribution in [-0.4, -0.2) is 66.3 Å². The van der Waals surface area contributed by atoms with E-state index in [2.05, 4.69) is 330 Å². The van der Waals surface area contributed by atoms with E-state index in [9.17, 15) is 13.2 Å². The van der Waals surface area contributed by atoms with Crippen molar-refractivity contribution in [3.63, 3.8) is 0 Å². The van der Waals surface area contributed by atoms with Crippen LogP contribution in [-0.2, 0) is 37.9 Å². The van der Waals surface area contributed by atoms with Gasteiger partial charge in [-0.05, 0) is 226 Å². The number of nitrogen functional groups attached to an aromatic ring is 6. The molecule has 0 saturated heterocycles. The maximum absolute atomic E-state index is 14.0. The Balaban J connectivity index is 0.000000146. The Morgan fingerprint density at radius 2 is 0.839 bits per heavy atom. The summed E-state index contributed by atoms with van der Waals surface area (Å²) in [6.45, 7) is 59.7. The topological polar surface area (TPSA) is 341 Å². The minimum atomic E-state index is -0.269. The number of anilines is 6. The van der Waals surface area contributed by atoms with Crippen LogP contribution in [0.3, 0.4) is 0 Å². The van der Waals surface area contributed by atoms with Crippen molar-refractivity contribution in [1.82, 2.24) is 54.4 Å². The van der Waals surface area contributed by atoms with Crippen LogP contribution in [0.4, 0.5) is 48.2 Å². The van der Waals surface area contributed by atoms with Crippen LogP contribution in [0.15, 0.2) is 251 Å². The Labute approximate surface area is 853 Å². The molecule has 25 heteroatoms. The first-order valence-corrected chi connectivity index (χ1v) is 49.1. The van der Waals surface area contributed by atoms with Crippen molar-refractivity contribution in [3.8, 4) is 33.4 Å². The summed E-state index contributed by atoms with van der Waals surface area (Å²) in [5, 5.41) is 9.87. The fourth-order valence-electron chi connectivity index (χ4n) is 16.3. The highest BCUT2D eigenvalue weighted by Gasteiger charge is 2.44. The van der Waals surface area contributed by atoms with Crippen LogP contribution in [0.5, 0.6) is 0 Å². The van der Waals surface area contributed by atoms with Crippen LogP contribution >= 0.6 is 27.5 Å². The third-order valence-corrected chi connectivity index (χ3v) is 26.5. The van der Waals surface area contributed by atoms with Crippen molar-refractivity contribution in [2.75, 3.05) is 34.4 Å². The van der Waals surface area contributed by atoms with Gasteiger partial charge in [-0.1, -0.05) is 288 Å². The molecule has 0 bridgehead atoms. The maximum Gasteiger partial charge on any atom is 0.220 e. The molecule has 143 heavy (non-hydrogen) atoms. The lowest BCUT2D eigenvalue weighted by Gasteiger charge is -2.31. The van der Waals surface area contributed by atoms with Gasteiger partial charge in [-0.2, -0.15) is 0 Å². The van der Waals surface area contributed by atoms with Crippen LogP contribution in [0.2, 0.25) is 5.02 Å². The summed E-state index contributed by atoms with van der Waals surface area (Å²) < 4.78 is 48.8. The zero-order valence-corrected chi connectivity index (χ0v) is 90.1. The number of halogens is 5. The number of benzene rings is 7. The van der Waals surface area contributed by atoms with Crippen molar-refractivity contribution in [3.05, 3.63) is 314 Å². The summed E-state index contributed by atoms with van der Waals surface area (Å²) in [6, 6.07) is 55.9. The first-order valence-electron chi connectivity index (χ1n) is 47.9. The summed E-state index contributed by atoms with van der Waals surface area (Å²) in [4.78, 5) is 43.3. The second-order valence-electron chi connectivity index (χ2n) is 45.6. The van der Waals surface area contributed by atoms with E-state index in [1.54, 1.807) is 55.1 Å². The molecular formula is C118H138BrClF3N19O. The fourth-order valence-corrected chi connectivity index (χ4v) is 16.8. The molecule has 0 fully saturated rings. The van der Waals surface area contributed by atoms with Crippen LogP contribution in [0.1, 0.15) is 230 Å².